The Kier molecular flexibility index (Phi) is 12.6. The van der Waals surface area contributed by atoms with E-state index in [1.807, 2.05) is 13.0 Å². The van der Waals surface area contributed by atoms with Gasteiger partial charge in [0, 0.05) is 0 Å². The second kappa shape index (κ2) is 15.8. The Labute approximate surface area is 282 Å². The van der Waals surface area contributed by atoms with E-state index in [2.05, 4.69) is 100 Å². The molecular formula is C36H45BrHgO5Si. The number of carbonyl (C=O) groups excluding carboxylic acids is 2. The van der Waals surface area contributed by atoms with Crippen LogP contribution in [0.5, 0.6) is 0 Å². The summed E-state index contributed by atoms with van der Waals surface area (Å²) in [5, 5.41) is 2.45. The Morgan fingerprint density at radius 2 is 1.43 bits per heavy atom. The number of Topliss-reactive ketones (excluding diaryl/α,β-unsaturated/α-hetero) is 1. The van der Waals surface area contributed by atoms with Gasteiger partial charge >= 0.3 is 278 Å². The molecule has 232 valence electrons. The van der Waals surface area contributed by atoms with Gasteiger partial charge in [0.05, 0.1) is 0 Å². The van der Waals surface area contributed by atoms with Crippen LogP contribution in [-0.2, 0) is 40.8 Å². The molecule has 8 heteroatoms. The van der Waals surface area contributed by atoms with Gasteiger partial charge in [0.2, 0.25) is 0 Å². The molecule has 0 spiro atoms. The maximum absolute atomic E-state index is 13.4. The standard InChI is InChI=1S/C36H45O5Si.BrH.Hg/c1-26-22-23-33(27(2)34(37)28(3)40-35(38)29-16-10-7-11-17-29)41-32(26)24-25-39-42(36(4,5)6,30-18-12-8-13-19-30)31-20-14-9-15-21-31;;/h7-21,24,26-28,32-33H,22-23,25H2,1-6H3;1H;/q;;+1/p-1/t26-,27-,28+,32+,33-;;/m0../s1. The number of ketones is 1. The first-order chi connectivity index (χ1) is 21.0. The van der Waals surface area contributed by atoms with Crippen LogP contribution in [0.25, 0.3) is 0 Å². The number of hydrogen-bond donors (Lipinski definition) is 0. The zero-order valence-corrected chi connectivity index (χ0v) is 35.0. The number of ether oxygens (including phenoxy) is 2. The van der Waals surface area contributed by atoms with Gasteiger partial charge in [-0.2, -0.15) is 0 Å². The molecule has 1 aliphatic heterocycles. The molecule has 0 radical (unpaired) electrons. The molecule has 0 aromatic heterocycles. The van der Waals surface area contributed by atoms with Gasteiger partial charge in [0.1, 0.15) is 0 Å². The number of carbonyl (C=O) groups is 2. The van der Waals surface area contributed by atoms with E-state index in [-0.39, 0.29) is 28.9 Å². The first-order valence-electron chi connectivity index (χ1n) is 15.8. The third kappa shape index (κ3) is 8.01. The van der Waals surface area contributed by atoms with Gasteiger partial charge in [0.25, 0.3) is 0 Å². The molecule has 0 unspecified atom stereocenters. The van der Waals surface area contributed by atoms with Crippen molar-refractivity contribution in [2.45, 2.75) is 81.2 Å². The van der Waals surface area contributed by atoms with Crippen LogP contribution >= 0.6 is 11.9 Å². The van der Waals surface area contributed by atoms with Crippen LogP contribution in [0.15, 0.2) is 91.0 Å². The Balaban J connectivity index is 1.51. The van der Waals surface area contributed by atoms with Crippen LogP contribution < -0.4 is 10.4 Å². The molecule has 0 saturated carbocycles. The molecule has 0 bridgehead atoms. The second-order valence-electron chi connectivity index (χ2n) is 13.2. The minimum absolute atomic E-state index is 0.0189. The molecule has 44 heavy (non-hydrogen) atoms. The van der Waals surface area contributed by atoms with Crippen molar-refractivity contribution in [1.82, 2.24) is 0 Å². The average Bonchev–Trinajstić information content (AvgIpc) is 3.03. The average molecular weight is 866 g/mol. The molecule has 4 rings (SSSR count). The van der Waals surface area contributed by atoms with Crippen molar-refractivity contribution < 1.29 is 45.6 Å². The summed E-state index contributed by atoms with van der Waals surface area (Å²) in [4.78, 5) is 26.0. The Morgan fingerprint density at radius 1 is 0.909 bits per heavy atom. The van der Waals surface area contributed by atoms with Gasteiger partial charge in [-0.15, -0.1) is 0 Å². The predicted octanol–water partition coefficient (Wildman–Crippen LogP) is 7.38. The van der Waals surface area contributed by atoms with Crippen LogP contribution in [0.1, 0.15) is 64.7 Å². The number of halogens is 1. The summed E-state index contributed by atoms with van der Waals surface area (Å²) in [5.74, 6) is -0.596. The summed E-state index contributed by atoms with van der Waals surface area (Å²) in [6.45, 7) is 13.4. The molecule has 0 amide bonds. The summed E-state index contributed by atoms with van der Waals surface area (Å²) in [6.07, 6.45) is 0.756. The number of benzene rings is 3. The van der Waals surface area contributed by atoms with Crippen molar-refractivity contribution in [2.75, 3.05) is 6.61 Å². The fourth-order valence-electron chi connectivity index (χ4n) is 6.57. The molecule has 1 fully saturated rings. The summed E-state index contributed by atoms with van der Waals surface area (Å²) < 4.78 is 20.1. The van der Waals surface area contributed by atoms with Gasteiger partial charge in [-0.1, -0.05) is 6.07 Å². The van der Waals surface area contributed by atoms with Crippen molar-refractivity contribution in [3.63, 3.8) is 0 Å². The van der Waals surface area contributed by atoms with E-state index in [9.17, 15) is 9.59 Å². The van der Waals surface area contributed by atoms with Gasteiger partial charge in [-0.25, -0.2) is 0 Å². The zero-order chi connectivity index (χ0) is 31.9. The van der Waals surface area contributed by atoms with E-state index in [1.54, 1.807) is 31.2 Å². The van der Waals surface area contributed by atoms with Crippen molar-refractivity contribution in [2.24, 2.45) is 11.8 Å². The van der Waals surface area contributed by atoms with Crippen LogP contribution in [-0.4, -0.2) is 45.0 Å². The molecule has 6 atom stereocenters. The summed E-state index contributed by atoms with van der Waals surface area (Å²) in [6, 6.07) is 30.3. The molecule has 1 saturated heterocycles. The van der Waals surface area contributed by atoms with E-state index >= 15 is 0 Å². The molecule has 1 aliphatic rings. The number of hydrogen-bond acceptors (Lipinski definition) is 5. The van der Waals surface area contributed by atoms with Crippen LogP contribution in [0.2, 0.25) is 8.46 Å². The molecule has 1 heterocycles. The third-order valence-electron chi connectivity index (χ3n) is 9.09. The van der Waals surface area contributed by atoms with Gasteiger partial charge in [-0.05, 0) is 0 Å². The van der Waals surface area contributed by atoms with Crippen molar-refractivity contribution in [3.05, 3.63) is 96.6 Å². The normalized spacial score (nSPS) is 21.0. The molecular weight excluding hydrogens is 821 g/mol. The summed E-state index contributed by atoms with van der Waals surface area (Å²) in [7, 11) is -2.67. The van der Waals surface area contributed by atoms with E-state index in [0.29, 0.717) is 21.5 Å². The van der Waals surface area contributed by atoms with Crippen LogP contribution in [0.3, 0.4) is 0 Å². The monoisotopic (exact) mass is 866 g/mol. The quantitative estimate of drug-likeness (QED) is 0.141. The fraction of sp³-hybridized carbons (Fsp3) is 0.444. The topological polar surface area (TPSA) is 61.8 Å². The predicted molar refractivity (Wildman–Crippen MR) is 179 cm³/mol. The Bertz CT molecular complexity index is 1310. The van der Waals surface area contributed by atoms with E-state index in [0.717, 1.165) is 12.8 Å². The van der Waals surface area contributed by atoms with E-state index < -0.39 is 42.5 Å². The van der Waals surface area contributed by atoms with Gasteiger partial charge in [0.15, 0.2) is 0 Å². The molecule has 0 N–H and O–H groups in total. The molecule has 3 aromatic carbocycles. The summed E-state index contributed by atoms with van der Waals surface area (Å²) in [5.41, 5.74) is 0.441. The van der Waals surface area contributed by atoms with Crippen molar-refractivity contribution >= 4 is 42.3 Å². The second-order valence-corrected chi connectivity index (χ2v) is 28.5. The first kappa shape index (κ1) is 35.2. The third-order valence-corrected chi connectivity index (χ3v) is 25.7. The Hall–Kier alpha value is -1.65. The molecule has 0 aliphatic carbocycles. The van der Waals surface area contributed by atoms with Gasteiger partial charge < -0.3 is 0 Å². The van der Waals surface area contributed by atoms with Crippen LogP contribution in [0, 0.1) is 11.8 Å². The maximum atomic E-state index is 13.4. The van der Waals surface area contributed by atoms with Crippen LogP contribution in [0.4, 0.5) is 0 Å². The van der Waals surface area contributed by atoms with E-state index in [4.69, 9.17) is 13.9 Å². The number of rotatable bonds is 12. The minimum atomic E-state index is -2.67. The molecule has 3 aromatic rings. The Morgan fingerprint density at radius 3 is 1.93 bits per heavy atom. The van der Waals surface area contributed by atoms with Gasteiger partial charge in [-0.3, -0.25) is 0 Å². The zero-order valence-electron chi connectivity index (χ0n) is 26.9. The van der Waals surface area contributed by atoms with Crippen molar-refractivity contribution in [3.8, 4) is 0 Å². The van der Waals surface area contributed by atoms with E-state index in [1.165, 1.54) is 10.4 Å². The van der Waals surface area contributed by atoms with Crippen molar-refractivity contribution in [1.29, 1.82) is 0 Å². The summed E-state index contributed by atoms with van der Waals surface area (Å²) >= 11 is 2.44. The molecule has 5 nitrogen and oxygen atoms in total. The number of esters is 1. The fourth-order valence-corrected chi connectivity index (χ4v) is 20.7. The first-order valence-corrected chi connectivity index (χ1v) is 32.8. The SMILES string of the molecule is C[C@H](C(=O)[C@@H](C)OC(=O)c1ccccc1)[C@@H]1CC[C@H](C)[C@@H]([C@H](CO[Si](c2ccccc2)(c2ccccc2)C(C)(C)C)[Hg][Br])O1.